The van der Waals surface area contributed by atoms with Crippen LogP contribution in [0.15, 0.2) is 54.0 Å². The number of hydrogen-bond acceptors (Lipinski definition) is 4. The molecule has 138 valence electrons. The molecule has 0 atom stereocenters. The minimum absolute atomic E-state index is 0.0412. The molecule has 1 N–H and O–H groups in total. The number of amides is 2. The van der Waals surface area contributed by atoms with Crippen molar-refractivity contribution in [3.05, 3.63) is 76.0 Å². The number of carbonyl (C=O) groups excluding carboxylic acids is 2. The molecule has 1 aliphatic heterocycles. The monoisotopic (exact) mass is 380 g/mol. The second kappa shape index (κ2) is 7.75. The fourth-order valence-electron chi connectivity index (χ4n) is 3.15. The van der Waals surface area contributed by atoms with Gasteiger partial charge in [-0.3, -0.25) is 9.59 Å². The van der Waals surface area contributed by atoms with E-state index in [4.69, 9.17) is 0 Å². The lowest BCUT2D eigenvalue weighted by Crippen LogP contribution is -2.39. The van der Waals surface area contributed by atoms with Crippen LogP contribution in [-0.2, 0) is 30.8 Å². The average Bonchev–Trinajstić information content (AvgIpc) is 3.33. The third kappa shape index (κ3) is 4.09. The molecule has 3 aromatic rings. The molecule has 2 amide bonds. The maximum atomic E-state index is 12.7. The molecule has 0 fully saturated rings. The maximum Gasteiger partial charge on any atom is 0.290 e. The zero-order chi connectivity index (χ0) is 18.6. The van der Waals surface area contributed by atoms with E-state index in [1.807, 2.05) is 63.5 Å². The quantitative estimate of drug-likeness (QED) is 0.714. The van der Waals surface area contributed by atoms with Crippen molar-refractivity contribution < 1.29 is 9.59 Å². The number of fused-ring (bicyclic) bond motifs is 1. The van der Waals surface area contributed by atoms with Gasteiger partial charge in [-0.2, -0.15) is 0 Å². The van der Waals surface area contributed by atoms with Gasteiger partial charge in [0.05, 0.1) is 18.7 Å². The molecule has 2 aromatic heterocycles. The standard InChI is InChI=1S/C20H20N4O2S/c25-18(11-17-7-4-10-27-17)21-12-16-14-23-8-9-24(20(26)19(23)22-16)13-15-5-2-1-3-6-15/h1-7,10,14H,8-9,11-13H2,(H,21,25). The Kier molecular flexibility index (Phi) is 5.02. The third-order valence-corrected chi connectivity index (χ3v) is 5.39. The van der Waals surface area contributed by atoms with E-state index in [-0.39, 0.29) is 11.8 Å². The van der Waals surface area contributed by atoms with Crippen molar-refractivity contribution >= 4 is 23.2 Å². The number of thiophene rings is 1. The molecule has 27 heavy (non-hydrogen) atoms. The average molecular weight is 380 g/mol. The zero-order valence-electron chi connectivity index (χ0n) is 14.8. The van der Waals surface area contributed by atoms with E-state index in [0.29, 0.717) is 44.1 Å². The van der Waals surface area contributed by atoms with Crippen molar-refractivity contribution in [2.75, 3.05) is 6.54 Å². The molecule has 1 aliphatic rings. The number of nitrogens with one attached hydrogen (secondary N) is 1. The van der Waals surface area contributed by atoms with Crippen molar-refractivity contribution in [2.45, 2.75) is 26.1 Å². The first-order valence-electron chi connectivity index (χ1n) is 8.87. The van der Waals surface area contributed by atoms with Gasteiger partial charge >= 0.3 is 0 Å². The topological polar surface area (TPSA) is 67.2 Å². The molecule has 0 aliphatic carbocycles. The van der Waals surface area contributed by atoms with Gasteiger partial charge < -0.3 is 14.8 Å². The summed E-state index contributed by atoms with van der Waals surface area (Å²) in [5.41, 5.74) is 1.81. The van der Waals surface area contributed by atoms with E-state index in [9.17, 15) is 9.59 Å². The molecule has 0 unspecified atom stereocenters. The van der Waals surface area contributed by atoms with Gasteiger partial charge in [0.2, 0.25) is 5.91 Å². The highest BCUT2D eigenvalue weighted by Gasteiger charge is 2.26. The molecule has 7 heteroatoms. The first-order valence-corrected chi connectivity index (χ1v) is 9.75. The molecule has 0 saturated carbocycles. The van der Waals surface area contributed by atoms with Crippen molar-refractivity contribution in [1.82, 2.24) is 19.8 Å². The van der Waals surface area contributed by atoms with Gasteiger partial charge in [0.1, 0.15) is 0 Å². The van der Waals surface area contributed by atoms with E-state index in [1.54, 1.807) is 11.3 Å². The van der Waals surface area contributed by atoms with Crippen LogP contribution in [0, 0.1) is 0 Å². The lowest BCUT2D eigenvalue weighted by Gasteiger charge is -2.27. The van der Waals surface area contributed by atoms with E-state index in [2.05, 4.69) is 10.3 Å². The summed E-state index contributed by atoms with van der Waals surface area (Å²) in [5.74, 6) is 0.335. The lowest BCUT2D eigenvalue weighted by atomic mass is 10.2. The summed E-state index contributed by atoms with van der Waals surface area (Å²) in [4.78, 5) is 32.1. The van der Waals surface area contributed by atoms with E-state index >= 15 is 0 Å². The number of carbonyl (C=O) groups is 2. The first kappa shape index (κ1) is 17.5. The Morgan fingerprint density at radius 2 is 2.00 bits per heavy atom. The molecule has 6 nitrogen and oxygen atoms in total. The Labute approximate surface area is 161 Å². The largest absolute Gasteiger partial charge is 0.350 e. The van der Waals surface area contributed by atoms with Crippen molar-refractivity contribution in [3.8, 4) is 0 Å². The predicted octanol–water partition coefficient (Wildman–Crippen LogP) is 2.46. The van der Waals surface area contributed by atoms with Crippen molar-refractivity contribution in [1.29, 1.82) is 0 Å². The molecule has 1 aromatic carbocycles. The van der Waals surface area contributed by atoms with Crippen LogP contribution in [0.25, 0.3) is 0 Å². The summed E-state index contributed by atoms with van der Waals surface area (Å²) in [5, 5.41) is 4.84. The Morgan fingerprint density at radius 3 is 2.78 bits per heavy atom. The van der Waals surface area contributed by atoms with Crippen molar-refractivity contribution in [3.63, 3.8) is 0 Å². The summed E-state index contributed by atoms with van der Waals surface area (Å²) >= 11 is 1.57. The van der Waals surface area contributed by atoms with Crippen LogP contribution in [0.1, 0.15) is 26.8 Å². The number of hydrogen-bond donors (Lipinski definition) is 1. The summed E-state index contributed by atoms with van der Waals surface area (Å²) in [6, 6.07) is 13.8. The van der Waals surface area contributed by atoms with Crippen LogP contribution in [0.3, 0.4) is 0 Å². The minimum Gasteiger partial charge on any atom is -0.350 e. The Morgan fingerprint density at radius 1 is 1.15 bits per heavy atom. The molecule has 4 rings (SSSR count). The van der Waals surface area contributed by atoms with Crippen LogP contribution in [0.4, 0.5) is 0 Å². The number of benzene rings is 1. The zero-order valence-corrected chi connectivity index (χ0v) is 15.6. The predicted molar refractivity (Wildman–Crippen MR) is 103 cm³/mol. The fourth-order valence-corrected chi connectivity index (χ4v) is 3.85. The third-order valence-electron chi connectivity index (χ3n) is 4.51. The smallest absolute Gasteiger partial charge is 0.290 e. The Hall–Kier alpha value is -2.93. The normalized spacial score (nSPS) is 13.5. The summed E-state index contributed by atoms with van der Waals surface area (Å²) in [7, 11) is 0. The second-order valence-electron chi connectivity index (χ2n) is 6.49. The number of nitrogens with zero attached hydrogens (tertiary/aromatic N) is 3. The Bertz CT molecular complexity index is 934. The van der Waals surface area contributed by atoms with E-state index < -0.39 is 0 Å². The van der Waals surface area contributed by atoms with Crippen LogP contribution in [-0.4, -0.2) is 32.8 Å². The summed E-state index contributed by atoms with van der Waals surface area (Å²) in [6.45, 7) is 2.28. The lowest BCUT2D eigenvalue weighted by molar-refractivity contribution is -0.120. The second-order valence-corrected chi connectivity index (χ2v) is 7.53. The van der Waals surface area contributed by atoms with Gasteiger partial charge in [0.25, 0.3) is 5.91 Å². The van der Waals surface area contributed by atoms with Crippen LogP contribution in [0.2, 0.25) is 0 Å². The molecular weight excluding hydrogens is 360 g/mol. The van der Waals surface area contributed by atoms with Gasteiger partial charge in [0.15, 0.2) is 5.82 Å². The molecule has 0 saturated heterocycles. The van der Waals surface area contributed by atoms with E-state index in [1.165, 1.54) is 0 Å². The number of aromatic nitrogens is 2. The van der Waals surface area contributed by atoms with Gasteiger partial charge in [-0.05, 0) is 17.0 Å². The SMILES string of the molecule is O=C(Cc1cccs1)NCc1cn2c(n1)C(=O)N(Cc1ccccc1)CC2. The molecule has 3 heterocycles. The Balaban J connectivity index is 1.37. The maximum absolute atomic E-state index is 12.7. The van der Waals surface area contributed by atoms with Crippen LogP contribution >= 0.6 is 11.3 Å². The molecule has 0 spiro atoms. The van der Waals surface area contributed by atoms with Gasteiger partial charge in [-0.25, -0.2) is 4.98 Å². The van der Waals surface area contributed by atoms with Crippen LogP contribution < -0.4 is 5.32 Å². The molecule has 0 bridgehead atoms. The highest BCUT2D eigenvalue weighted by atomic mass is 32.1. The first-order chi connectivity index (χ1) is 13.2. The van der Waals surface area contributed by atoms with Crippen LogP contribution in [0.5, 0.6) is 0 Å². The minimum atomic E-state index is -0.0683. The fraction of sp³-hybridized carbons (Fsp3) is 0.250. The number of imidazole rings is 1. The molecular formula is C20H20N4O2S. The van der Waals surface area contributed by atoms with Gasteiger partial charge in [-0.1, -0.05) is 36.4 Å². The molecule has 0 radical (unpaired) electrons. The highest BCUT2D eigenvalue weighted by Crippen LogP contribution is 2.16. The van der Waals surface area contributed by atoms with Gasteiger partial charge in [-0.15, -0.1) is 11.3 Å². The van der Waals surface area contributed by atoms with Crippen molar-refractivity contribution in [2.24, 2.45) is 0 Å². The summed E-state index contributed by atoms with van der Waals surface area (Å²) in [6.07, 6.45) is 2.23. The number of rotatable bonds is 6. The highest BCUT2D eigenvalue weighted by molar-refractivity contribution is 7.10. The van der Waals surface area contributed by atoms with E-state index in [0.717, 1.165) is 10.4 Å². The van der Waals surface area contributed by atoms with Gasteiger partial charge in [0, 0.05) is 30.7 Å². The summed E-state index contributed by atoms with van der Waals surface area (Å²) < 4.78 is 1.88.